The van der Waals surface area contributed by atoms with E-state index in [-0.39, 0.29) is 31.6 Å². The van der Waals surface area contributed by atoms with Gasteiger partial charge in [0.15, 0.2) is 0 Å². The number of rotatable bonds is 20. The van der Waals surface area contributed by atoms with E-state index in [0.29, 0.717) is 12.8 Å². The van der Waals surface area contributed by atoms with Crippen molar-refractivity contribution in [3.05, 3.63) is 0 Å². The molecule has 0 spiro atoms. The molecule has 7 heteroatoms. The number of unbranched alkanes of at least 4 members (excludes halogenated alkanes) is 8. The molecule has 0 aromatic heterocycles. The molecule has 0 aliphatic rings. The fraction of sp³-hybridized carbons (Fsp3) is 0.913. The first-order chi connectivity index (χ1) is 14.4. The van der Waals surface area contributed by atoms with Gasteiger partial charge in [-0.05, 0) is 33.5 Å². The fourth-order valence-electron chi connectivity index (χ4n) is 3.01. The van der Waals surface area contributed by atoms with E-state index in [1.165, 1.54) is 38.5 Å². The number of carbonyl (C=O) groups is 2. The van der Waals surface area contributed by atoms with Crippen LogP contribution in [0.4, 0.5) is 0 Å². The Morgan fingerprint density at radius 2 is 1.17 bits per heavy atom. The summed E-state index contributed by atoms with van der Waals surface area (Å²) in [4.78, 5) is 25.8. The first-order valence-electron chi connectivity index (χ1n) is 11.6. The van der Waals surface area contributed by atoms with Crippen LogP contribution in [0.2, 0.25) is 0 Å². The topological polar surface area (TPSA) is 96.3 Å². The van der Waals surface area contributed by atoms with Crippen LogP contribution in [-0.4, -0.2) is 74.1 Å². The number of aliphatic hydroxyl groups excluding tert-OH is 2. The van der Waals surface area contributed by atoms with Crippen molar-refractivity contribution < 1.29 is 29.3 Å². The maximum atomic E-state index is 12.0. The highest BCUT2D eigenvalue weighted by molar-refractivity contribution is 5.69. The zero-order valence-electron chi connectivity index (χ0n) is 19.5. The molecule has 0 bridgehead atoms. The van der Waals surface area contributed by atoms with Gasteiger partial charge in [-0.3, -0.25) is 9.59 Å². The third kappa shape index (κ3) is 15.6. The molecule has 7 nitrogen and oxygen atoms in total. The average Bonchev–Trinajstić information content (AvgIpc) is 2.73. The van der Waals surface area contributed by atoms with Crippen molar-refractivity contribution in [1.82, 2.24) is 4.90 Å². The predicted molar refractivity (Wildman–Crippen MR) is 118 cm³/mol. The number of aliphatic hydroxyl groups is 2. The molecule has 0 saturated heterocycles. The van der Waals surface area contributed by atoms with E-state index in [1.54, 1.807) is 0 Å². The molecule has 0 unspecified atom stereocenters. The van der Waals surface area contributed by atoms with Crippen molar-refractivity contribution in [2.45, 2.75) is 84.0 Å². The van der Waals surface area contributed by atoms with Crippen molar-refractivity contribution in [2.24, 2.45) is 5.41 Å². The van der Waals surface area contributed by atoms with Crippen LogP contribution >= 0.6 is 0 Å². The molecule has 0 radical (unpaired) electrons. The van der Waals surface area contributed by atoms with Gasteiger partial charge in [-0.25, -0.2) is 0 Å². The van der Waals surface area contributed by atoms with Gasteiger partial charge < -0.3 is 24.6 Å². The second-order valence-corrected chi connectivity index (χ2v) is 8.62. The van der Waals surface area contributed by atoms with E-state index >= 15 is 0 Å². The SMILES string of the molecule is CCCCCCCCCCCC(=O)OCC(CO)(CO)COC(=O)CCCN(C)C. The van der Waals surface area contributed by atoms with Gasteiger partial charge in [0.25, 0.3) is 0 Å². The van der Waals surface area contributed by atoms with E-state index in [1.807, 2.05) is 19.0 Å². The predicted octanol–water partition coefficient (Wildman–Crippen LogP) is 3.31. The van der Waals surface area contributed by atoms with Crippen LogP contribution in [0, 0.1) is 5.41 Å². The molecule has 0 aliphatic heterocycles. The molecule has 2 N–H and O–H groups in total. The second-order valence-electron chi connectivity index (χ2n) is 8.62. The molecule has 178 valence electrons. The maximum absolute atomic E-state index is 12.0. The normalized spacial score (nSPS) is 11.7. The van der Waals surface area contributed by atoms with Crippen molar-refractivity contribution in [2.75, 3.05) is 47.1 Å². The summed E-state index contributed by atoms with van der Waals surface area (Å²) >= 11 is 0. The van der Waals surface area contributed by atoms with Gasteiger partial charge in [-0.15, -0.1) is 0 Å². The highest BCUT2D eigenvalue weighted by atomic mass is 16.5. The van der Waals surface area contributed by atoms with Gasteiger partial charge in [-0.2, -0.15) is 0 Å². The number of nitrogens with zero attached hydrogens (tertiary/aromatic N) is 1. The van der Waals surface area contributed by atoms with Crippen molar-refractivity contribution in [1.29, 1.82) is 0 Å². The maximum Gasteiger partial charge on any atom is 0.305 e. The molecule has 0 amide bonds. The summed E-state index contributed by atoms with van der Waals surface area (Å²) in [6.45, 7) is 1.79. The summed E-state index contributed by atoms with van der Waals surface area (Å²) in [5.41, 5.74) is -1.16. The van der Waals surface area contributed by atoms with Gasteiger partial charge in [0, 0.05) is 12.8 Å². The molecule has 0 atom stereocenters. The molecule has 0 heterocycles. The van der Waals surface area contributed by atoms with Crippen LogP contribution in [-0.2, 0) is 19.1 Å². The zero-order valence-corrected chi connectivity index (χ0v) is 19.5. The van der Waals surface area contributed by atoms with E-state index in [2.05, 4.69) is 6.92 Å². The lowest BCUT2D eigenvalue weighted by Gasteiger charge is -2.28. The molecule has 0 rings (SSSR count). The lowest BCUT2D eigenvalue weighted by Crippen LogP contribution is -2.41. The van der Waals surface area contributed by atoms with Gasteiger partial charge in [0.2, 0.25) is 0 Å². The molecule has 30 heavy (non-hydrogen) atoms. The molecule has 0 fully saturated rings. The number of hydrogen-bond donors (Lipinski definition) is 2. The number of hydrogen-bond acceptors (Lipinski definition) is 7. The van der Waals surface area contributed by atoms with E-state index in [0.717, 1.165) is 25.8 Å². The number of ether oxygens (including phenoxy) is 2. The summed E-state index contributed by atoms with van der Waals surface area (Å²) in [7, 11) is 3.85. The van der Waals surface area contributed by atoms with E-state index < -0.39 is 18.6 Å². The van der Waals surface area contributed by atoms with Crippen LogP contribution in [0.1, 0.15) is 84.0 Å². The standard InChI is InChI=1S/C23H45NO6/c1-4-5-6-7-8-9-10-11-12-14-21(27)29-19-23(17-25,18-26)20-30-22(28)15-13-16-24(2)3/h25-26H,4-20H2,1-3H3. The lowest BCUT2D eigenvalue weighted by atomic mass is 9.92. The van der Waals surface area contributed by atoms with Gasteiger partial charge in [0.05, 0.1) is 18.6 Å². The van der Waals surface area contributed by atoms with Crippen LogP contribution in [0.15, 0.2) is 0 Å². The fourth-order valence-corrected chi connectivity index (χ4v) is 3.01. The van der Waals surface area contributed by atoms with Crippen LogP contribution in [0.3, 0.4) is 0 Å². The lowest BCUT2D eigenvalue weighted by molar-refractivity contribution is -0.159. The van der Waals surface area contributed by atoms with Gasteiger partial charge >= 0.3 is 11.9 Å². The second kappa shape index (κ2) is 18.6. The Balaban J connectivity index is 4.00. The Bertz CT molecular complexity index is 437. The van der Waals surface area contributed by atoms with Gasteiger partial charge in [0.1, 0.15) is 13.2 Å². The molecule has 0 aromatic rings. The molecule has 0 saturated carbocycles. The van der Waals surface area contributed by atoms with E-state index in [4.69, 9.17) is 9.47 Å². The zero-order chi connectivity index (χ0) is 22.7. The Hall–Kier alpha value is -1.18. The molecule has 0 aliphatic carbocycles. The number of esters is 2. The molecule has 0 aromatic carbocycles. The number of carbonyl (C=O) groups excluding carboxylic acids is 2. The Morgan fingerprint density at radius 1 is 0.733 bits per heavy atom. The monoisotopic (exact) mass is 431 g/mol. The highest BCUT2D eigenvalue weighted by Gasteiger charge is 2.32. The largest absolute Gasteiger partial charge is 0.465 e. The minimum absolute atomic E-state index is 0.165. The van der Waals surface area contributed by atoms with E-state index in [9.17, 15) is 19.8 Å². The van der Waals surface area contributed by atoms with Crippen molar-refractivity contribution in [3.63, 3.8) is 0 Å². The summed E-state index contributed by atoms with van der Waals surface area (Å²) in [5.74, 6) is -0.731. The van der Waals surface area contributed by atoms with Crippen molar-refractivity contribution >= 4 is 11.9 Å². The van der Waals surface area contributed by atoms with Crippen LogP contribution in [0.5, 0.6) is 0 Å². The minimum atomic E-state index is -1.16. The summed E-state index contributed by atoms with van der Waals surface area (Å²) in [6, 6.07) is 0. The van der Waals surface area contributed by atoms with Crippen LogP contribution in [0.25, 0.3) is 0 Å². The van der Waals surface area contributed by atoms with Gasteiger partial charge in [-0.1, -0.05) is 58.3 Å². The van der Waals surface area contributed by atoms with Crippen molar-refractivity contribution in [3.8, 4) is 0 Å². The molecular weight excluding hydrogens is 386 g/mol. The third-order valence-electron chi connectivity index (χ3n) is 5.22. The highest BCUT2D eigenvalue weighted by Crippen LogP contribution is 2.19. The average molecular weight is 432 g/mol. The smallest absolute Gasteiger partial charge is 0.305 e. The summed E-state index contributed by atoms with van der Waals surface area (Å²) < 4.78 is 10.4. The summed E-state index contributed by atoms with van der Waals surface area (Å²) in [5, 5.41) is 19.3. The Kier molecular flexibility index (Phi) is 17.8. The quantitative estimate of drug-likeness (QED) is 0.225. The minimum Gasteiger partial charge on any atom is -0.465 e. The van der Waals surface area contributed by atoms with Crippen LogP contribution < -0.4 is 0 Å². The Labute approximate surface area is 183 Å². The molecular formula is C23H45NO6. The first-order valence-corrected chi connectivity index (χ1v) is 11.6. The summed E-state index contributed by atoms with van der Waals surface area (Å²) in [6.07, 6.45) is 11.8. The Morgan fingerprint density at radius 3 is 1.60 bits per heavy atom. The third-order valence-corrected chi connectivity index (χ3v) is 5.22. The first kappa shape index (κ1) is 28.8.